The lowest BCUT2D eigenvalue weighted by molar-refractivity contribution is -0.131. The van der Waals surface area contributed by atoms with E-state index in [1.165, 1.54) is 11.6 Å². The Labute approximate surface area is 144 Å². The molecule has 24 heavy (non-hydrogen) atoms. The largest absolute Gasteiger partial charge is 0.478 e. The van der Waals surface area contributed by atoms with Crippen molar-refractivity contribution in [3.63, 3.8) is 0 Å². The molecule has 0 radical (unpaired) electrons. The number of aliphatic carboxylic acids is 1. The molecule has 130 valence electrons. The van der Waals surface area contributed by atoms with Crippen molar-refractivity contribution in [1.29, 1.82) is 0 Å². The van der Waals surface area contributed by atoms with E-state index in [0.29, 0.717) is 5.92 Å². The van der Waals surface area contributed by atoms with Gasteiger partial charge in [-0.25, -0.2) is 4.79 Å². The first-order chi connectivity index (χ1) is 11.6. The average Bonchev–Trinajstić information content (AvgIpc) is 2.58. The number of allylic oxidation sites excluding steroid dienone is 2. The Morgan fingerprint density at radius 1 is 1.25 bits per heavy atom. The lowest BCUT2D eigenvalue weighted by Crippen LogP contribution is -2.09. The van der Waals surface area contributed by atoms with Gasteiger partial charge in [0.1, 0.15) is 0 Å². The smallest absolute Gasteiger partial charge is 0.328 e. The fraction of sp³-hybridized carbons (Fsp3) is 0.476. The Hall–Kier alpha value is -1.87. The van der Waals surface area contributed by atoms with Crippen LogP contribution in [0, 0.1) is 5.92 Å². The number of carboxylic acid groups (broad SMARTS) is 1. The van der Waals surface area contributed by atoms with E-state index in [4.69, 9.17) is 5.11 Å². The van der Waals surface area contributed by atoms with Gasteiger partial charge in [-0.3, -0.25) is 0 Å². The summed E-state index contributed by atoms with van der Waals surface area (Å²) in [6.07, 6.45) is 12.7. The molecule has 0 aromatic heterocycles. The second-order valence-corrected chi connectivity index (χ2v) is 6.68. The molecule has 2 atom stereocenters. The van der Waals surface area contributed by atoms with E-state index in [-0.39, 0.29) is 0 Å². The van der Waals surface area contributed by atoms with Gasteiger partial charge in [-0.1, -0.05) is 54.5 Å². The molecule has 2 rings (SSSR count). The normalized spacial score (nSPS) is 21.2. The minimum absolute atomic E-state index is 0.364. The van der Waals surface area contributed by atoms with Crippen LogP contribution >= 0.6 is 0 Å². The van der Waals surface area contributed by atoms with E-state index in [1.54, 1.807) is 0 Å². The Kier molecular flexibility index (Phi) is 7.76. The van der Waals surface area contributed by atoms with Gasteiger partial charge in [-0.15, -0.1) is 0 Å². The first kappa shape index (κ1) is 18.5. The lowest BCUT2D eigenvalue weighted by atomic mass is 9.85. The maximum absolute atomic E-state index is 10.8. The summed E-state index contributed by atoms with van der Waals surface area (Å²) >= 11 is 0. The van der Waals surface area contributed by atoms with Crippen LogP contribution in [0.5, 0.6) is 0 Å². The van der Waals surface area contributed by atoms with E-state index in [9.17, 15) is 9.90 Å². The van der Waals surface area contributed by atoms with E-state index in [1.807, 2.05) is 12.1 Å². The standard InChI is InChI=1S/C21H28O3/c22-20(12-5-4-9-17-7-2-1-3-8-17)14-13-18-10-6-11-19(15-18)16-21(23)24/h1-3,7-8,13-14,16,18,20,22H,4-6,9-12,15H2,(H,23,24)/b14-13+,19-16-/t18-,20-/m1/s1. The average molecular weight is 328 g/mol. The highest BCUT2D eigenvalue weighted by molar-refractivity contribution is 5.80. The number of carbonyl (C=O) groups is 1. The van der Waals surface area contributed by atoms with Gasteiger partial charge in [-0.05, 0) is 56.4 Å². The fourth-order valence-corrected chi connectivity index (χ4v) is 3.31. The van der Waals surface area contributed by atoms with Crippen LogP contribution in [0.25, 0.3) is 0 Å². The van der Waals surface area contributed by atoms with Crippen molar-refractivity contribution < 1.29 is 15.0 Å². The van der Waals surface area contributed by atoms with Crippen LogP contribution in [-0.4, -0.2) is 22.3 Å². The second-order valence-electron chi connectivity index (χ2n) is 6.68. The third kappa shape index (κ3) is 7.14. The molecule has 0 aliphatic heterocycles. The summed E-state index contributed by atoms with van der Waals surface area (Å²) in [4.78, 5) is 10.8. The second kappa shape index (κ2) is 10.1. The Morgan fingerprint density at radius 3 is 2.79 bits per heavy atom. The van der Waals surface area contributed by atoms with Crippen molar-refractivity contribution in [3.8, 4) is 0 Å². The summed E-state index contributed by atoms with van der Waals surface area (Å²) < 4.78 is 0. The SMILES string of the molecule is O=C(O)/C=C1/CCC[C@H](/C=C/[C@H](O)CCCCc2ccccc2)C1. The number of carboxylic acids is 1. The topological polar surface area (TPSA) is 57.5 Å². The Balaban J connectivity index is 1.67. The van der Waals surface area contributed by atoms with E-state index in [0.717, 1.165) is 56.9 Å². The summed E-state index contributed by atoms with van der Waals surface area (Å²) in [6.45, 7) is 0. The number of hydrogen-bond donors (Lipinski definition) is 2. The van der Waals surface area contributed by atoms with Gasteiger partial charge in [0.25, 0.3) is 0 Å². The zero-order chi connectivity index (χ0) is 17.2. The van der Waals surface area contributed by atoms with Gasteiger partial charge in [0.15, 0.2) is 0 Å². The first-order valence-electron chi connectivity index (χ1n) is 8.96. The predicted molar refractivity (Wildman–Crippen MR) is 96.8 cm³/mol. The van der Waals surface area contributed by atoms with Gasteiger partial charge in [-0.2, -0.15) is 0 Å². The molecule has 3 heteroatoms. The van der Waals surface area contributed by atoms with Crippen molar-refractivity contribution in [2.75, 3.05) is 0 Å². The molecule has 1 aliphatic rings. The third-order valence-corrected chi connectivity index (χ3v) is 4.59. The van der Waals surface area contributed by atoms with Gasteiger partial charge in [0.2, 0.25) is 0 Å². The highest BCUT2D eigenvalue weighted by atomic mass is 16.4. The van der Waals surface area contributed by atoms with Crippen LogP contribution in [0.4, 0.5) is 0 Å². The molecule has 1 saturated carbocycles. The van der Waals surface area contributed by atoms with E-state index >= 15 is 0 Å². The molecule has 0 bridgehead atoms. The van der Waals surface area contributed by atoms with Gasteiger partial charge >= 0.3 is 5.97 Å². The number of benzene rings is 1. The molecule has 2 N–H and O–H groups in total. The number of hydrogen-bond acceptors (Lipinski definition) is 2. The quantitative estimate of drug-likeness (QED) is 0.419. The number of aliphatic hydroxyl groups excluding tert-OH is 1. The molecule has 1 aromatic rings. The van der Waals surface area contributed by atoms with Crippen molar-refractivity contribution >= 4 is 5.97 Å². The molecule has 3 nitrogen and oxygen atoms in total. The maximum atomic E-state index is 10.8. The number of aliphatic hydroxyl groups is 1. The molecule has 0 unspecified atom stereocenters. The summed E-state index contributed by atoms with van der Waals surface area (Å²) in [5, 5.41) is 18.9. The number of rotatable bonds is 8. The zero-order valence-electron chi connectivity index (χ0n) is 14.2. The molecule has 0 saturated heterocycles. The molecular weight excluding hydrogens is 300 g/mol. The van der Waals surface area contributed by atoms with Crippen LogP contribution in [-0.2, 0) is 11.2 Å². The Bertz CT molecular complexity index is 560. The van der Waals surface area contributed by atoms with Crippen molar-refractivity contribution in [2.45, 2.75) is 57.5 Å². The highest BCUT2D eigenvalue weighted by Gasteiger charge is 2.15. The van der Waals surface area contributed by atoms with Crippen molar-refractivity contribution in [3.05, 3.63) is 59.7 Å². The van der Waals surface area contributed by atoms with Crippen LogP contribution < -0.4 is 0 Å². The monoisotopic (exact) mass is 328 g/mol. The van der Waals surface area contributed by atoms with Crippen LogP contribution in [0.1, 0.15) is 50.5 Å². The lowest BCUT2D eigenvalue weighted by Gasteiger charge is -2.21. The predicted octanol–water partition coefficient (Wildman–Crippen LogP) is 4.52. The van der Waals surface area contributed by atoms with Crippen LogP contribution in [0.15, 0.2) is 54.1 Å². The van der Waals surface area contributed by atoms with E-state index in [2.05, 4.69) is 30.3 Å². The van der Waals surface area contributed by atoms with Gasteiger partial charge in [0, 0.05) is 6.08 Å². The van der Waals surface area contributed by atoms with Crippen molar-refractivity contribution in [1.82, 2.24) is 0 Å². The van der Waals surface area contributed by atoms with Gasteiger partial charge in [0.05, 0.1) is 6.10 Å². The highest BCUT2D eigenvalue weighted by Crippen LogP contribution is 2.29. The minimum Gasteiger partial charge on any atom is -0.478 e. The fourth-order valence-electron chi connectivity index (χ4n) is 3.31. The molecule has 1 aliphatic carbocycles. The number of aryl methyl sites for hydroxylation is 1. The van der Waals surface area contributed by atoms with Gasteiger partial charge < -0.3 is 10.2 Å². The molecule has 1 aromatic carbocycles. The van der Waals surface area contributed by atoms with Crippen LogP contribution in [0.2, 0.25) is 0 Å². The third-order valence-electron chi connectivity index (χ3n) is 4.59. The van der Waals surface area contributed by atoms with Crippen molar-refractivity contribution in [2.24, 2.45) is 5.92 Å². The molecule has 0 spiro atoms. The first-order valence-corrected chi connectivity index (χ1v) is 8.96. The zero-order valence-corrected chi connectivity index (χ0v) is 14.2. The minimum atomic E-state index is -0.854. The summed E-state index contributed by atoms with van der Waals surface area (Å²) in [7, 11) is 0. The molecule has 0 amide bonds. The molecule has 1 fully saturated rings. The van der Waals surface area contributed by atoms with E-state index < -0.39 is 12.1 Å². The summed E-state index contributed by atoms with van der Waals surface area (Å²) in [5.41, 5.74) is 2.36. The number of unbranched alkanes of at least 4 members (excludes halogenated alkanes) is 1. The maximum Gasteiger partial charge on any atom is 0.328 e. The van der Waals surface area contributed by atoms with Crippen LogP contribution in [0.3, 0.4) is 0 Å². The summed E-state index contributed by atoms with van der Waals surface area (Å²) in [5.74, 6) is -0.489. The Morgan fingerprint density at radius 2 is 2.04 bits per heavy atom. The molecular formula is C21H28O3. The molecule has 0 heterocycles. The summed E-state index contributed by atoms with van der Waals surface area (Å²) in [6, 6.07) is 10.4.